The fourth-order valence-corrected chi connectivity index (χ4v) is 3.44. The SMILES string of the molecule is O=C(O)[C@H]1O[C@@H](Oc2c(-c3ccc(O)cc3)oc3cc(O)cc(O)c3c2=O)C(O)C(O)[C@@H]1O. The predicted octanol–water partition coefficient (Wildman–Crippen LogP) is -0.152. The Hall–Kier alpha value is -3.84. The molecule has 4 rings (SSSR count). The highest BCUT2D eigenvalue weighted by Gasteiger charge is 2.48. The van der Waals surface area contributed by atoms with E-state index in [2.05, 4.69) is 0 Å². The maximum atomic E-state index is 13.2. The highest BCUT2D eigenvalue weighted by atomic mass is 16.7. The molecule has 174 valence electrons. The van der Waals surface area contributed by atoms with E-state index in [0.717, 1.165) is 12.1 Å². The number of aliphatic hydroxyl groups excluding tert-OH is 3. The van der Waals surface area contributed by atoms with Gasteiger partial charge in [0.15, 0.2) is 11.9 Å². The van der Waals surface area contributed by atoms with Gasteiger partial charge in [0.1, 0.15) is 46.5 Å². The zero-order chi connectivity index (χ0) is 24.0. The Balaban J connectivity index is 1.89. The largest absolute Gasteiger partial charge is 0.508 e. The summed E-state index contributed by atoms with van der Waals surface area (Å²) >= 11 is 0. The molecule has 1 saturated heterocycles. The standard InChI is InChI=1S/C21H18O12/c22-8-3-1-7(2-4-8)17-18(13(25)12-10(24)5-9(23)6-11(12)31-17)32-21-16(28)14(26)15(27)19(33-21)20(29)30/h1-6,14-16,19,21-24,26-28H,(H,29,30)/t14?,15-,16?,19-,21+/m0/s1. The minimum atomic E-state index is -1.99. The van der Waals surface area contributed by atoms with Crippen molar-refractivity contribution in [1.82, 2.24) is 0 Å². The molecule has 1 aromatic heterocycles. The third-order valence-electron chi connectivity index (χ3n) is 5.09. The second-order valence-electron chi connectivity index (χ2n) is 7.33. The van der Waals surface area contributed by atoms with Gasteiger partial charge in [-0.05, 0) is 24.3 Å². The van der Waals surface area contributed by atoms with Crippen LogP contribution in [0.5, 0.6) is 23.0 Å². The molecule has 2 aromatic carbocycles. The maximum absolute atomic E-state index is 13.2. The number of fused-ring (bicyclic) bond motifs is 1. The van der Waals surface area contributed by atoms with Gasteiger partial charge < -0.3 is 49.6 Å². The third-order valence-corrected chi connectivity index (χ3v) is 5.09. The van der Waals surface area contributed by atoms with Gasteiger partial charge in [0, 0.05) is 17.7 Å². The number of phenols is 3. The van der Waals surface area contributed by atoms with Gasteiger partial charge in [-0.15, -0.1) is 0 Å². The number of hydrogen-bond donors (Lipinski definition) is 7. The van der Waals surface area contributed by atoms with E-state index in [9.17, 15) is 45.3 Å². The van der Waals surface area contributed by atoms with Crippen LogP contribution in [0.2, 0.25) is 0 Å². The van der Waals surface area contributed by atoms with Crippen LogP contribution in [-0.2, 0) is 9.53 Å². The highest BCUT2D eigenvalue weighted by Crippen LogP contribution is 2.37. The molecule has 5 atom stereocenters. The minimum Gasteiger partial charge on any atom is -0.508 e. The lowest BCUT2D eigenvalue weighted by Crippen LogP contribution is -2.61. The van der Waals surface area contributed by atoms with Gasteiger partial charge >= 0.3 is 5.97 Å². The van der Waals surface area contributed by atoms with Gasteiger partial charge in [-0.3, -0.25) is 4.79 Å². The lowest BCUT2D eigenvalue weighted by atomic mass is 9.99. The first-order valence-corrected chi connectivity index (χ1v) is 9.49. The van der Waals surface area contributed by atoms with E-state index in [1.54, 1.807) is 0 Å². The van der Waals surface area contributed by atoms with Crippen LogP contribution in [0.1, 0.15) is 0 Å². The van der Waals surface area contributed by atoms with Crippen LogP contribution < -0.4 is 10.2 Å². The summed E-state index contributed by atoms with van der Waals surface area (Å²) in [4.78, 5) is 24.6. The molecule has 1 aliphatic heterocycles. The number of aliphatic carboxylic acids is 1. The monoisotopic (exact) mass is 462 g/mol. The van der Waals surface area contributed by atoms with Crippen molar-refractivity contribution in [3.8, 4) is 34.3 Å². The van der Waals surface area contributed by atoms with Gasteiger partial charge in [-0.25, -0.2) is 4.79 Å². The Morgan fingerprint density at radius 3 is 2.21 bits per heavy atom. The zero-order valence-corrected chi connectivity index (χ0v) is 16.5. The normalized spacial score (nSPS) is 25.1. The first-order valence-electron chi connectivity index (χ1n) is 9.49. The number of carboxylic acids is 1. The smallest absolute Gasteiger partial charge is 0.335 e. The second-order valence-corrected chi connectivity index (χ2v) is 7.33. The first kappa shape index (κ1) is 22.4. The number of carbonyl (C=O) groups is 1. The Morgan fingerprint density at radius 1 is 0.909 bits per heavy atom. The molecule has 33 heavy (non-hydrogen) atoms. The number of carboxylic acid groups (broad SMARTS) is 1. The Labute approximate surface area is 183 Å². The Morgan fingerprint density at radius 2 is 1.58 bits per heavy atom. The van der Waals surface area contributed by atoms with Gasteiger partial charge in [-0.1, -0.05) is 0 Å². The molecule has 0 saturated carbocycles. The minimum absolute atomic E-state index is 0.105. The van der Waals surface area contributed by atoms with Crippen LogP contribution in [0.15, 0.2) is 45.6 Å². The lowest BCUT2D eigenvalue weighted by molar-refractivity contribution is -0.271. The summed E-state index contributed by atoms with van der Waals surface area (Å²) in [5, 5.41) is 68.4. The van der Waals surface area contributed by atoms with Crippen molar-refractivity contribution < 1.29 is 54.4 Å². The van der Waals surface area contributed by atoms with E-state index in [0.29, 0.717) is 0 Å². The van der Waals surface area contributed by atoms with Crippen molar-refractivity contribution in [3.05, 3.63) is 46.6 Å². The van der Waals surface area contributed by atoms with Crippen molar-refractivity contribution in [2.45, 2.75) is 30.7 Å². The molecule has 0 aliphatic carbocycles. The summed E-state index contributed by atoms with van der Waals surface area (Å²) in [6.07, 6.45) is -9.84. The molecular formula is C21H18O12. The molecule has 2 heterocycles. The topological polar surface area (TPSA) is 207 Å². The third kappa shape index (κ3) is 3.91. The van der Waals surface area contributed by atoms with E-state index >= 15 is 0 Å². The summed E-state index contributed by atoms with van der Waals surface area (Å²) in [6, 6.07) is 7.20. The molecule has 12 heteroatoms. The summed E-state index contributed by atoms with van der Waals surface area (Å²) in [5.41, 5.74) is -1.01. The molecule has 7 N–H and O–H groups in total. The number of hydrogen-bond acceptors (Lipinski definition) is 11. The number of benzene rings is 2. The highest BCUT2D eigenvalue weighted by molar-refractivity contribution is 5.88. The van der Waals surface area contributed by atoms with Crippen molar-refractivity contribution in [3.63, 3.8) is 0 Å². The van der Waals surface area contributed by atoms with Crippen LogP contribution in [-0.4, -0.2) is 72.4 Å². The van der Waals surface area contributed by atoms with Crippen LogP contribution in [0.4, 0.5) is 0 Å². The van der Waals surface area contributed by atoms with Gasteiger partial charge in [-0.2, -0.15) is 0 Å². The molecule has 0 amide bonds. The maximum Gasteiger partial charge on any atom is 0.335 e. The van der Waals surface area contributed by atoms with Crippen LogP contribution in [0.25, 0.3) is 22.3 Å². The average Bonchev–Trinajstić information content (AvgIpc) is 2.75. The number of rotatable bonds is 4. The number of aromatic hydroxyl groups is 3. The van der Waals surface area contributed by atoms with Crippen LogP contribution >= 0.6 is 0 Å². The van der Waals surface area contributed by atoms with Crippen molar-refractivity contribution in [2.75, 3.05) is 0 Å². The molecule has 12 nitrogen and oxygen atoms in total. The number of aliphatic hydroxyl groups is 3. The zero-order valence-electron chi connectivity index (χ0n) is 16.5. The van der Waals surface area contributed by atoms with Crippen LogP contribution in [0, 0.1) is 0 Å². The van der Waals surface area contributed by atoms with Gasteiger partial charge in [0.2, 0.25) is 17.5 Å². The van der Waals surface area contributed by atoms with Crippen molar-refractivity contribution in [2.24, 2.45) is 0 Å². The van der Waals surface area contributed by atoms with Crippen LogP contribution in [0.3, 0.4) is 0 Å². The Kier molecular flexibility index (Phi) is 5.59. The molecule has 0 spiro atoms. The van der Waals surface area contributed by atoms with Gasteiger partial charge in [0.25, 0.3) is 0 Å². The molecule has 3 aromatic rings. The van der Waals surface area contributed by atoms with E-state index in [1.807, 2.05) is 0 Å². The van der Waals surface area contributed by atoms with Crippen molar-refractivity contribution >= 4 is 16.9 Å². The average molecular weight is 462 g/mol. The fourth-order valence-electron chi connectivity index (χ4n) is 3.44. The van der Waals surface area contributed by atoms with Crippen molar-refractivity contribution in [1.29, 1.82) is 0 Å². The summed E-state index contributed by atoms with van der Waals surface area (Å²) < 4.78 is 16.2. The Bertz CT molecular complexity index is 1260. The predicted molar refractivity (Wildman–Crippen MR) is 108 cm³/mol. The quantitative estimate of drug-likeness (QED) is 0.270. The van der Waals surface area contributed by atoms with E-state index < -0.39 is 64.7 Å². The summed E-state index contributed by atoms with van der Waals surface area (Å²) in [5.74, 6) is -3.72. The molecule has 0 bridgehead atoms. The molecule has 2 unspecified atom stereocenters. The molecular weight excluding hydrogens is 444 g/mol. The lowest BCUT2D eigenvalue weighted by Gasteiger charge is -2.38. The van der Waals surface area contributed by atoms with E-state index in [4.69, 9.17) is 13.9 Å². The molecule has 1 aliphatic rings. The second kappa shape index (κ2) is 8.26. The molecule has 0 radical (unpaired) electrons. The number of phenolic OH excluding ortho intramolecular Hbond substituents is 3. The summed E-state index contributed by atoms with van der Waals surface area (Å²) in [7, 11) is 0. The fraction of sp³-hybridized carbons (Fsp3) is 0.238. The molecule has 1 fully saturated rings. The first-order chi connectivity index (χ1) is 15.6. The summed E-state index contributed by atoms with van der Waals surface area (Å²) in [6.45, 7) is 0. The van der Waals surface area contributed by atoms with Gasteiger partial charge in [0.05, 0.1) is 0 Å². The van der Waals surface area contributed by atoms with E-state index in [1.165, 1.54) is 24.3 Å². The number of ether oxygens (including phenoxy) is 2. The van der Waals surface area contributed by atoms with E-state index in [-0.39, 0.29) is 22.7 Å².